The van der Waals surface area contributed by atoms with Crippen LogP contribution in [0.3, 0.4) is 0 Å². The van der Waals surface area contributed by atoms with Gasteiger partial charge in [-0.3, -0.25) is 10.1 Å². The number of Topliss-reactive ketones (excluding diaryl/α,β-unsaturated/α-hetero) is 1. The molecule has 0 saturated heterocycles. The van der Waals surface area contributed by atoms with Crippen LogP contribution in [-0.2, 0) is 4.79 Å². The second-order valence-electron chi connectivity index (χ2n) is 3.85. The van der Waals surface area contributed by atoms with Crippen LogP contribution in [-0.4, -0.2) is 12.3 Å². The molecule has 0 bridgehead atoms. The van der Waals surface area contributed by atoms with Crippen molar-refractivity contribution in [3.8, 4) is 0 Å². The molecule has 0 aliphatic rings. The lowest BCUT2D eigenvalue weighted by atomic mass is 9.82. The summed E-state index contributed by atoms with van der Waals surface area (Å²) < 4.78 is 0. The lowest BCUT2D eigenvalue weighted by Gasteiger charge is -2.24. The predicted molar refractivity (Wildman–Crippen MR) is 60.7 cm³/mol. The average molecular weight is 194 g/mol. The highest BCUT2D eigenvalue weighted by atomic mass is 16.1. The average Bonchev–Trinajstić information content (AvgIpc) is 2.18. The second kappa shape index (κ2) is 5.76. The zero-order valence-corrected chi connectivity index (χ0v) is 9.39. The molecule has 2 nitrogen and oxygen atoms in total. The van der Waals surface area contributed by atoms with Crippen LogP contribution in [0.5, 0.6) is 0 Å². The quantitative estimate of drug-likeness (QED) is 0.631. The van der Waals surface area contributed by atoms with Gasteiger partial charge in [-0.15, -0.1) is 13.2 Å². The van der Waals surface area contributed by atoms with Crippen LogP contribution in [0, 0.1) is 11.5 Å². The van der Waals surface area contributed by atoms with Crippen LogP contribution in [0.15, 0.2) is 25.3 Å². The van der Waals surface area contributed by atoms with Gasteiger partial charge >= 0.3 is 0 Å². The van der Waals surface area contributed by atoms with Gasteiger partial charge in [0.2, 0.25) is 0 Å². The summed E-state index contributed by atoms with van der Waals surface area (Å²) in [6.45, 7) is 13.7. The van der Waals surface area contributed by atoms with Crippen molar-refractivity contribution < 1.29 is 4.79 Å². The highest BCUT2D eigenvalue weighted by Gasteiger charge is 2.30. The maximum Gasteiger partial charge on any atom is 0.165 e. The van der Waals surface area contributed by atoms with E-state index in [1.54, 1.807) is 12.2 Å². The fraction of sp³-hybridized carbons (Fsp3) is 0.500. The lowest BCUT2D eigenvalue weighted by molar-refractivity contribution is -0.125. The molecule has 1 radical (unpaired) electrons. The number of carbonyl (C=O) groups is 1. The van der Waals surface area contributed by atoms with Crippen LogP contribution >= 0.6 is 0 Å². The zero-order chi connectivity index (χ0) is 11.2. The van der Waals surface area contributed by atoms with E-state index in [1.165, 1.54) is 0 Å². The number of carbonyl (C=O) groups excluding carboxylic acids is 1. The van der Waals surface area contributed by atoms with Crippen molar-refractivity contribution in [3.63, 3.8) is 0 Å². The van der Waals surface area contributed by atoms with Crippen molar-refractivity contribution >= 4 is 5.78 Å². The van der Waals surface area contributed by atoms with Crippen molar-refractivity contribution in [3.05, 3.63) is 31.4 Å². The van der Waals surface area contributed by atoms with Gasteiger partial charge in [-0.25, -0.2) is 0 Å². The van der Waals surface area contributed by atoms with Gasteiger partial charge in [-0.2, -0.15) is 0 Å². The maximum atomic E-state index is 11.9. The minimum Gasteiger partial charge on any atom is -0.297 e. The Kier molecular flexibility index (Phi) is 5.39. The molecule has 0 aromatic rings. The minimum absolute atomic E-state index is 0.108. The summed E-state index contributed by atoms with van der Waals surface area (Å²) in [4.78, 5) is 11.9. The first-order chi connectivity index (χ1) is 6.49. The maximum absolute atomic E-state index is 11.9. The van der Waals surface area contributed by atoms with E-state index >= 15 is 0 Å². The molecular formula is C12H20NO. The molecule has 79 valence electrons. The second-order valence-corrected chi connectivity index (χ2v) is 3.85. The third kappa shape index (κ3) is 3.46. The van der Waals surface area contributed by atoms with Crippen LogP contribution in [0.4, 0.5) is 0 Å². The largest absolute Gasteiger partial charge is 0.297 e. The zero-order valence-electron chi connectivity index (χ0n) is 9.39. The summed E-state index contributed by atoms with van der Waals surface area (Å²) in [6.07, 6.45) is 4.11. The van der Waals surface area contributed by atoms with Gasteiger partial charge in [0, 0.05) is 12.0 Å². The molecule has 14 heavy (non-hydrogen) atoms. The number of ketones is 1. The molecule has 0 aromatic heterocycles. The topological polar surface area (TPSA) is 29.1 Å². The first-order valence-electron chi connectivity index (χ1n) is 4.88. The van der Waals surface area contributed by atoms with Crippen molar-refractivity contribution in [2.75, 3.05) is 6.54 Å². The van der Waals surface area contributed by atoms with Gasteiger partial charge in [0.1, 0.15) is 6.04 Å². The first kappa shape index (κ1) is 13.1. The molecule has 0 aromatic carbocycles. The van der Waals surface area contributed by atoms with E-state index in [2.05, 4.69) is 18.5 Å². The monoisotopic (exact) mass is 194 g/mol. The standard InChI is InChI=1S/C12H20NO/c1-6-9-13-10(7-2)11(14)12(4,5)8-3/h6-7,13H,1-2,8-9H2,3-5H3. The highest BCUT2D eigenvalue weighted by molar-refractivity contribution is 5.97. The van der Waals surface area contributed by atoms with E-state index in [9.17, 15) is 4.79 Å². The van der Waals surface area contributed by atoms with E-state index in [0.29, 0.717) is 12.6 Å². The fourth-order valence-electron chi connectivity index (χ4n) is 0.952. The van der Waals surface area contributed by atoms with Crippen molar-refractivity contribution in [2.24, 2.45) is 5.41 Å². The molecular weight excluding hydrogens is 174 g/mol. The summed E-state index contributed by atoms with van der Waals surface area (Å²) >= 11 is 0. The van der Waals surface area contributed by atoms with E-state index in [-0.39, 0.29) is 11.2 Å². The molecule has 0 amide bonds. The molecule has 0 spiro atoms. The Morgan fingerprint density at radius 3 is 2.36 bits per heavy atom. The molecule has 2 heteroatoms. The van der Waals surface area contributed by atoms with Gasteiger partial charge in [0.05, 0.1) is 0 Å². The van der Waals surface area contributed by atoms with Crippen molar-refractivity contribution in [1.82, 2.24) is 5.32 Å². The number of rotatable bonds is 7. The molecule has 0 aliphatic carbocycles. The number of hydrogen-bond acceptors (Lipinski definition) is 2. The number of nitrogens with one attached hydrogen (secondary N) is 1. The summed E-state index contributed by atoms with van der Waals surface area (Å²) in [5, 5.41) is 2.99. The minimum atomic E-state index is -0.322. The molecule has 1 N–H and O–H groups in total. The van der Waals surface area contributed by atoms with E-state index in [0.717, 1.165) is 6.42 Å². The van der Waals surface area contributed by atoms with Gasteiger partial charge in [-0.1, -0.05) is 32.9 Å². The van der Waals surface area contributed by atoms with Crippen LogP contribution in [0.25, 0.3) is 0 Å². The summed E-state index contributed by atoms with van der Waals surface area (Å²) in [6, 6.07) is 0.580. The molecule has 0 heterocycles. The Morgan fingerprint density at radius 2 is 2.00 bits per heavy atom. The third-order valence-electron chi connectivity index (χ3n) is 2.38. The van der Waals surface area contributed by atoms with E-state index in [1.807, 2.05) is 20.8 Å². The molecule has 0 saturated carbocycles. The summed E-state index contributed by atoms with van der Waals surface area (Å²) in [5.41, 5.74) is -0.322. The normalized spacial score (nSPS) is 11.4. The van der Waals surface area contributed by atoms with Crippen LogP contribution in [0.2, 0.25) is 0 Å². The van der Waals surface area contributed by atoms with Crippen molar-refractivity contribution in [1.29, 1.82) is 0 Å². The van der Waals surface area contributed by atoms with Crippen LogP contribution < -0.4 is 5.32 Å². The number of hydrogen-bond donors (Lipinski definition) is 1. The summed E-state index contributed by atoms with van der Waals surface area (Å²) in [7, 11) is 0. The Morgan fingerprint density at radius 1 is 1.43 bits per heavy atom. The molecule has 0 atom stereocenters. The Hall–Kier alpha value is -0.890. The van der Waals surface area contributed by atoms with Gasteiger partial charge in [0.15, 0.2) is 5.78 Å². The first-order valence-corrected chi connectivity index (χ1v) is 4.88. The van der Waals surface area contributed by atoms with Crippen molar-refractivity contribution in [2.45, 2.75) is 27.2 Å². The summed E-state index contributed by atoms with van der Waals surface area (Å²) in [5.74, 6) is 0.108. The Balaban J connectivity index is 4.45. The molecule has 0 rings (SSSR count). The molecule has 0 fully saturated rings. The smallest absolute Gasteiger partial charge is 0.165 e. The Bertz CT molecular complexity index is 218. The van der Waals surface area contributed by atoms with Crippen LogP contribution in [0.1, 0.15) is 27.2 Å². The fourth-order valence-corrected chi connectivity index (χ4v) is 0.952. The lowest BCUT2D eigenvalue weighted by Crippen LogP contribution is -2.36. The predicted octanol–water partition coefficient (Wildman–Crippen LogP) is 2.49. The van der Waals surface area contributed by atoms with E-state index in [4.69, 9.17) is 0 Å². The highest BCUT2D eigenvalue weighted by Crippen LogP contribution is 2.25. The van der Waals surface area contributed by atoms with Gasteiger partial charge in [-0.05, 0) is 6.42 Å². The SMILES string of the molecule is C=CCN[C](C=C)C(=O)C(C)(C)CC. The Labute approximate surface area is 87.1 Å². The molecule has 0 unspecified atom stereocenters. The van der Waals surface area contributed by atoms with E-state index < -0.39 is 0 Å². The van der Waals surface area contributed by atoms with Gasteiger partial charge in [0.25, 0.3) is 0 Å². The third-order valence-corrected chi connectivity index (χ3v) is 2.38. The van der Waals surface area contributed by atoms with Gasteiger partial charge < -0.3 is 0 Å². The molecule has 0 aliphatic heterocycles.